The minimum Gasteiger partial charge on any atom is -0.0628 e. The molecule has 15 heavy (non-hydrogen) atoms. The van der Waals surface area contributed by atoms with E-state index in [1.165, 1.54) is 44.9 Å². The Morgan fingerprint density at radius 1 is 0.933 bits per heavy atom. The van der Waals surface area contributed by atoms with E-state index in [0.29, 0.717) is 0 Å². The number of rotatable bonds is 5. The lowest BCUT2D eigenvalue weighted by molar-refractivity contribution is 0.213. The Hall–Kier alpha value is 0. The molecule has 1 aliphatic carbocycles. The van der Waals surface area contributed by atoms with Crippen LogP contribution in [-0.4, -0.2) is 0 Å². The van der Waals surface area contributed by atoms with Crippen LogP contribution < -0.4 is 0 Å². The maximum absolute atomic E-state index is 2.39. The summed E-state index contributed by atoms with van der Waals surface area (Å²) in [5.74, 6) is 3.92. The Balaban J connectivity index is 2.09. The van der Waals surface area contributed by atoms with Crippen LogP contribution in [0.25, 0.3) is 0 Å². The molecule has 90 valence electrons. The van der Waals surface area contributed by atoms with Gasteiger partial charge in [0.1, 0.15) is 0 Å². The summed E-state index contributed by atoms with van der Waals surface area (Å²) in [6, 6.07) is 0. The fourth-order valence-corrected chi connectivity index (χ4v) is 2.96. The Bertz CT molecular complexity index is 147. The van der Waals surface area contributed by atoms with E-state index in [1.54, 1.807) is 0 Å². The molecule has 0 aliphatic heterocycles. The molecule has 0 spiro atoms. The summed E-state index contributed by atoms with van der Waals surface area (Å²) in [5, 5.41) is 0. The van der Waals surface area contributed by atoms with E-state index >= 15 is 0 Å². The normalized spacial score (nSPS) is 27.6. The zero-order valence-electron chi connectivity index (χ0n) is 11.3. The quantitative estimate of drug-likeness (QED) is 0.579. The third-order valence-electron chi connectivity index (χ3n) is 4.23. The second-order valence-corrected chi connectivity index (χ2v) is 6.35. The Kier molecular flexibility index (Phi) is 5.71. The van der Waals surface area contributed by atoms with Gasteiger partial charge in [0.05, 0.1) is 0 Å². The van der Waals surface area contributed by atoms with E-state index in [2.05, 4.69) is 27.7 Å². The van der Waals surface area contributed by atoms with Crippen molar-refractivity contribution in [2.45, 2.75) is 72.6 Å². The Labute approximate surface area is 96.8 Å². The van der Waals surface area contributed by atoms with E-state index in [0.717, 1.165) is 23.7 Å². The van der Waals surface area contributed by atoms with Crippen molar-refractivity contribution in [2.75, 3.05) is 0 Å². The third-order valence-corrected chi connectivity index (χ3v) is 4.23. The highest BCUT2D eigenvalue weighted by atomic mass is 14.3. The van der Waals surface area contributed by atoms with Gasteiger partial charge in [-0.05, 0) is 36.5 Å². The third kappa shape index (κ3) is 5.04. The predicted molar refractivity (Wildman–Crippen MR) is 69.0 cm³/mol. The van der Waals surface area contributed by atoms with Crippen LogP contribution in [0.15, 0.2) is 0 Å². The highest BCUT2D eigenvalue weighted by molar-refractivity contribution is 4.74. The maximum Gasteiger partial charge on any atom is -0.0391 e. The van der Waals surface area contributed by atoms with Crippen LogP contribution >= 0.6 is 0 Å². The lowest BCUT2D eigenvalue weighted by Gasteiger charge is -2.31. The molecule has 0 aromatic carbocycles. The van der Waals surface area contributed by atoms with Gasteiger partial charge < -0.3 is 0 Å². The first-order valence-corrected chi connectivity index (χ1v) is 7.09. The standard InChI is InChI=1S/C15H30/c1-12(2)6-5-7-14-8-10-15(11-9-14)13(3)4/h12-15H,5-11H2,1-4H3. The summed E-state index contributed by atoms with van der Waals surface area (Å²) in [5.41, 5.74) is 0. The molecule has 1 rings (SSSR count). The molecule has 0 aromatic rings. The van der Waals surface area contributed by atoms with E-state index < -0.39 is 0 Å². The van der Waals surface area contributed by atoms with Crippen LogP contribution in [0.4, 0.5) is 0 Å². The van der Waals surface area contributed by atoms with Crippen molar-refractivity contribution in [3.63, 3.8) is 0 Å². The van der Waals surface area contributed by atoms with Crippen LogP contribution in [0.2, 0.25) is 0 Å². The van der Waals surface area contributed by atoms with E-state index in [1.807, 2.05) is 0 Å². The van der Waals surface area contributed by atoms with E-state index in [-0.39, 0.29) is 0 Å². The molecule has 0 saturated heterocycles. The van der Waals surface area contributed by atoms with Gasteiger partial charge in [0.25, 0.3) is 0 Å². The summed E-state index contributed by atoms with van der Waals surface area (Å²) >= 11 is 0. The fourth-order valence-electron chi connectivity index (χ4n) is 2.96. The monoisotopic (exact) mass is 210 g/mol. The second kappa shape index (κ2) is 6.55. The Morgan fingerprint density at radius 2 is 1.53 bits per heavy atom. The van der Waals surface area contributed by atoms with Crippen LogP contribution in [0, 0.1) is 23.7 Å². The van der Waals surface area contributed by atoms with E-state index in [4.69, 9.17) is 0 Å². The summed E-state index contributed by atoms with van der Waals surface area (Å²) in [6.07, 6.45) is 10.4. The summed E-state index contributed by atoms with van der Waals surface area (Å²) in [7, 11) is 0. The van der Waals surface area contributed by atoms with Gasteiger partial charge in [-0.3, -0.25) is 0 Å². The summed E-state index contributed by atoms with van der Waals surface area (Å²) in [4.78, 5) is 0. The van der Waals surface area contributed by atoms with Gasteiger partial charge >= 0.3 is 0 Å². The largest absolute Gasteiger partial charge is 0.0628 e. The highest BCUT2D eigenvalue weighted by Crippen LogP contribution is 2.35. The van der Waals surface area contributed by atoms with Gasteiger partial charge in [-0.1, -0.05) is 59.8 Å². The molecule has 0 heteroatoms. The molecule has 0 N–H and O–H groups in total. The van der Waals surface area contributed by atoms with Crippen LogP contribution in [0.3, 0.4) is 0 Å². The van der Waals surface area contributed by atoms with Crippen molar-refractivity contribution >= 4 is 0 Å². The van der Waals surface area contributed by atoms with Gasteiger partial charge in [0, 0.05) is 0 Å². The topological polar surface area (TPSA) is 0 Å². The smallest absolute Gasteiger partial charge is 0.0391 e. The molecule has 0 bridgehead atoms. The number of hydrogen-bond acceptors (Lipinski definition) is 0. The molecular weight excluding hydrogens is 180 g/mol. The molecule has 1 saturated carbocycles. The molecule has 0 aromatic heterocycles. The van der Waals surface area contributed by atoms with Crippen LogP contribution in [0.1, 0.15) is 72.6 Å². The minimum absolute atomic E-state index is 0.900. The molecule has 0 radical (unpaired) electrons. The van der Waals surface area contributed by atoms with Gasteiger partial charge in [-0.25, -0.2) is 0 Å². The number of hydrogen-bond donors (Lipinski definition) is 0. The average Bonchev–Trinajstić information content (AvgIpc) is 2.18. The minimum atomic E-state index is 0.900. The molecule has 0 heterocycles. The zero-order chi connectivity index (χ0) is 11.3. The lowest BCUT2D eigenvalue weighted by atomic mass is 9.75. The first kappa shape index (κ1) is 13.1. The zero-order valence-corrected chi connectivity index (χ0v) is 11.3. The van der Waals surface area contributed by atoms with Crippen molar-refractivity contribution in [1.29, 1.82) is 0 Å². The highest BCUT2D eigenvalue weighted by Gasteiger charge is 2.22. The van der Waals surface area contributed by atoms with Crippen molar-refractivity contribution in [2.24, 2.45) is 23.7 Å². The first-order chi connectivity index (χ1) is 7.09. The van der Waals surface area contributed by atoms with Gasteiger partial charge in [-0.15, -0.1) is 0 Å². The van der Waals surface area contributed by atoms with Crippen LogP contribution in [0.5, 0.6) is 0 Å². The lowest BCUT2D eigenvalue weighted by Crippen LogP contribution is -2.18. The molecule has 1 fully saturated rings. The summed E-state index contributed by atoms with van der Waals surface area (Å²) in [6.45, 7) is 9.47. The summed E-state index contributed by atoms with van der Waals surface area (Å²) < 4.78 is 0. The first-order valence-electron chi connectivity index (χ1n) is 7.09. The Morgan fingerprint density at radius 3 is 2.00 bits per heavy atom. The van der Waals surface area contributed by atoms with Crippen LogP contribution in [-0.2, 0) is 0 Å². The molecule has 1 aliphatic rings. The fraction of sp³-hybridized carbons (Fsp3) is 1.00. The second-order valence-electron chi connectivity index (χ2n) is 6.35. The van der Waals surface area contributed by atoms with Crippen molar-refractivity contribution < 1.29 is 0 Å². The average molecular weight is 210 g/mol. The van der Waals surface area contributed by atoms with E-state index in [9.17, 15) is 0 Å². The van der Waals surface area contributed by atoms with Gasteiger partial charge in [0.15, 0.2) is 0 Å². The predicted octanol–water partition coefficient (Wildman–Crippen LogP) is 5.28. The van der Waals surface area contributed by atoms with Crippen molar-refractivity contribution in [3.05, 3.63) is 0 Å². The van der Waals surface area contributed by atoms with Crippen molar-refractivity contribution in [3.8, 4) is 0 Å². The van der Waals surface area contributed by atoms with Gasteiger partial charge in [-0.2, -0.15) is 0 Å². The molecular formula is C15H30. The molecule has 0 nitrogen and oxygen atoms in total. The molecule has 0 atom stereocenters. The SMILES string of the molecule is CC(C)CCCC1CCC(C(C)C)CC1. The molecule has 0 amide bonds. The maximum atomic E-state index is 2.39. The molecule has 0 unspecified atom stereocenters. The van der Waals surface area contributed by atoms with Gasteiger partial charge in [0.2, 0.25) is 0 Å². The van der Waals surface area contributed by atoms with Crippen molar-refractivity contribution in [1.82, 2.24) is 0 Å².